The molecule has 0 fully saturated rings. The van der Waals surface area contributed by atoms with Crippen LogP contribution in [0.25, 0.3) is 0 Å². The zero-order valence-electron chi connectivity index (χ0n) is 15.7. The smallest absolute Gasteiger partial charge is 0.102 e. The fourth-order valence-electron chi connectivity index (χ4n) is 3.16. The van der Waals surface area contributed by atoms with Crippen LogP contribution < -0.4 is 11.0 Å². The molecular weight excluding hydrogens is 323 g/mol. The van der Waals surface area contributed by atoms with Gasteiger partial charge in [0.25, 0.3) is 0 Å². The fourth-order valence-corrected chi connectivity index (χ4v) is 3.35. The Hall–Kier alpha value is -1.66. The molecule has 0 aromatic heterocycles. The highest BCUT2D eigenvalue weighted by Crippen LogP contribution is 2.27. The van der Waals surface area contributed by atoms with Crippen molar-refractivity contribution >= 4 is 20.4 Å². The summed E-state index contributed by atoms with van der Waals surface area (Å²) in [6.45, 7) is 6.54. The van der Waals surface area contributed by atoms with Crippen molar-refractivity contribution in [3.05, 3.63) is 65.2 Å². The van der Waals surface area contributed by atoms with Crippen LogP contribution in [0.2, 0.25) is 0 Å². The van der Waals surface area contributed by atoms with E-state index in [1.54, 1.807) is 0 Å². The maximum absolute atomic E-state index is 6.47. The van der Waals surface area contributed by atoms with Crippen molar-refractivity contribution in [2.75, 3.05) is 0 Å². The molecule has 2 nitrogen and oxygen atoms in total. The highest BCUT2D eigenvalue weighted by Gasteiger charge is 2.17. The van der Waals surface area contributed by atoms with Gasteiger partial charge >= 0.3 is 0 Å². The summed E-state index contributed by atoms with van der Waals surface area (Å²) in [6.07, 6.45) is 4.48. The van der Waals surface area contributed by atoms with Gasteiger partial charge in [-0.2, -0.15) is 0 Å². The zero-order valence-corrected chi connectivity index (χ0v) is 16.9. The third-order valence-electron chi connectivity index (χ3n) is 4.62. The first-order valence-electron chi connectivity index (χ1n) is 9.30. The first-order chi connectivity index (χ1) is 12.0. The van der Waals surface area contributed by atoms with E-state index in [2.05, 4.69) is 78.5 Å². The van der Waals surface area contributed by atoms with Crippen LogP contribution in [0.5, 0.6) is 0 Å². The van der Waals surface area contributed by atoms with Gasteiger partial charge in [-0.3, -0.25) is 4.99 Å². The summed E-state index contributed by atoms with van der Waals surface area (Å²) in [7, 11) is 2.74. The van der Waals surface area contributed by atoms with E-state index in [9.17, 15) is 0 Å². The molecule has 2 aromatic rings. The first kappa shape index (κ1) is 19.7. The lowest BCUT2D eigenvalue weighted by atomic mass is 9.95. The Kier molecular flexibility index (Phi) is 7.65. The van der Waals surface area contributed by atoms with Crippen molar-refractivity contribution in [1.29, 1.82) is 0 Å². The van der Waals surface area contributed by atoms with Gasteiger partial charge in [0.05, 0.1) is 5.84 Å². The van der Waals surface area contributed by atoms with Gasteiger partial charge in [-0.25, -0.2) is 0 Å². The van der Waals surface area contributed by atoms with E-state index in [0.29, 0.717) is 5.92 Å². The highest BCUT2D eigenvalue weighted by atomic mass is 31.0. The van der Waals surface area contributed by atoms with Crippen LogP contribution >= 0.6 is 9.24 Å². The zero-order chi connectivity index (χ0) is 18.2. The van der Waals surface area contributed by atoms with Gasteiger partial charge in [0.15, 0.2) is 0 Å². The molecule has 3 heteroatoms. The number of aryl methyl sites for hydroxylation is 1. The van der Waals surface area contributed by atoms with Crippen molar-refractivity contribution < 1.29 is 0 Å². The average molecular weight is 354 g/mol. The van der Waals surface area contributed by atoms with Crippen LogP contribution in [0.1, 0.15) is 62.3 Å². The minimum absolute atomic E-state index is 0.0394. The van der Waals surface area contributed by atoms with Crippen LogP contribution in [0, 0.1) is 12.8 Å². The normalized spacial score (nSPS) is 13.2. The van der Waals surface area contributed by atoms with Gasteiger partial charge in [-0.05, 0) is 36.2 Å². The lowest BCUT2D eigenvalue weighted by molar-refractivity contribution is 0.551. The fraction of sp³-hybridized carbons (Fsp3) is 0.409. The predicted molar refractivity (Wildman–Crippen MR) is 114 cm³/mol. The van der Waals surface area contributed by atoms with Gasteiger partial charge in [0.2, 0.25) is 0 Å². The number of amidine groups is 1. The summed E-state index contributed by atoms with van der Waals surface area (Å²) in [6, 6.07) is 17.1. The molecule has 2 rings (SSSR count). The topological polar surface area (TPSA) is 38.4 Å². The van der Waals surface area contributed by atoms with Crippen molar-refractivity contribution in [2.45, 2.75) is 52.5 Å². The van der Waals surface area contributed by atoms with Crippen molar-refractivity contribution in [2.24, 2.45) is 16.6 Å². The first-order valence-corrected chi connectivity index (χ1v) is 9.88. The molecule has 0 bridgehead atoms. The number of nitrogens with two attached hydrogens (primary N) is 1. The lowest BCUT2D eigenvalue weighted by Crippen LogP contribution is -2.25. The second-order valence-corrected chi connectivity index (χ2v) is 7.47. The Bertz CT molecular complexity index is 623. The van der Waals surface area contributed by atoms with Crippen LogP contribution in [0.4, 0.5) is 0 Å². The van der Waals surface area contributed by atoms with E-state index in [1.165, 1.54) is 22.0 Å². The van der Waals surface area contributed by atoms with Crippen molar-refractivity contribution in [3.63, 3.8) is 0 Å². The number of hydrogen-bond donors (Lipinski definition) is 1. The molecule has 25 heavy (non-hydrogen) atoms. The molecule has 0 amide bonds. The number of aliphatic imine (C=N–C) groups is 1. The number of hydrogen-bond acceptors (Lipinski definition) is 1. The lowest BCUT2D eigenvalue weighted by Gasteiger charge is -2.20. The molecule has 0 radical (unpaired) electrons. The largest absolute Gasteiger partial charge is 0.387 e. The number of rotatable bonds is 8. The molecular formula is C22H31N2P. The minimum atomic E-state index is -0.0394. The van der Waals surface area contributed by atoms with Gasteiger partial charge in [-0.15, -0.1) is 9.24 Å². The van der Waals surface area contributed by atoms with Crippen LogP contribution in [0.3, 0.4) is 0 Å². The minimum Gasteiger partial charge on any atom is -0.387 e. The highest BCUT2D eigenvalue weighted by molar-refractivity contribution is 7.27. The predicted octanol–water partition coefficient (Wildman–Crippen LogP) is 5.16. The molecule has 0 aliphatic heterocycles. The third-order valence-corrected chi connectivity index (χ3v) is 5.00. The van der Waals surface area contributed by atoms with Crippen LogP contribution in [0.15, 0.2) is 53.5 Å². The molecule has 0 heterocycles. The summed E-state index contributed by atoms with van der Waals surface area (Å²) in [5, 5.41) is 1.18. The average Bonchev–Trinajstić information content (AvgIpc) is 2.61. The second kappa shape index (κ2) is 9.73. The number of nitrogens with zero attached hydrogens (tertiary/aromatic N) is 1. The summed E-state index contributed by atoms with van der Waals surface area (Å²) in [4.78, 5) is 5.00. The summed E-state index contributed by atoms with van der Waals surface area (Å²) in [5.74, 6) is 1.17. The molecule has 134 valence electrons. The Labute approximate surface area is 155 Å². The van der Waals surface area contributed by atoms with Gasteiger partial charge in [0, 0.05) is 5.92 Å². The van der Waals surface area contributed by atoms with Gasteiger partial charge < -0.3 is 5.73 Å². The molecule has 0 saturated carbocycles. The quantitative estimate of drug-likeness (QED) is 0.397. The Balaban J connectivity index is 2.41. The van der Waals surface area contributed by atoms with E-state index in [-0.39, 0.29) is 6.04 Å². The van der Waals surface area contributed by atoms with E-state index in [0.717, 1.165) is 31.5 Å². The van der Waals surface area contributed by atoms with Gasteiger partial charge in [0.1, 0.15) is 6.04 Å². The maximum Gasteiger partial charge on any atom is 0.102 e. The summed E-state index contributed by atoms with van der Waals surface area (Å²) in [5.41, 5.74) is 10.1. The Morgan fingerprint density at radius 1 is 0.920 bits per heavy atom. The van der Waals surface area contributed by atoms with Crippen LogP contribution in [-0.2, 0) is 0 Å². The molecule has 2 atom stereocenters. The molecule has 0 saturated heterocycles. The second-order valence-electron chi connectivity index (χ2n) is 6.81. The molecule has 2 N–H and O–H groups in total. The third kappa shape index (κ3) is 5.68. The Morgan fingerprint density at radius 3 is 1.88 bits per heavy atom. The van der Waals surface area contributed by atoms with Crippen molar-refractivity contribution in [1.82, 2.24) is 0 Å². The molecule has 2 unspecified atom stereocenters. The monoisotopic (exact) mass is 354 g/mol. The van der Waals surface area contributed by atoms with Crippen molar-refractivity contribution in [3.8, 4) is 0 Å². The summed E-state index contributed by atoms with van der Waals surface area (Å²) >= 11 is 0. The van der Waals surface area contributed by atoms with Crippen LogP contribution in [-0.4, -0.2) is 5.84 Å². The van der Waals surface area contributed by atoms with Gasteiger partial charge in [-0.1, -0.05) is 80.8 Å². The van der Waals surface area contributed by atoms with E-state index in [1.807, 2.05) is 0 Å². The molecule has 0 aliphatic carbocycles. The Morgan fingerprint density at radius 2 is 1.40 bits per heavy atom. The SMILES string of the molecule is CCCC(CCC)C(N)=NC(c1ccc(C)cc1)c1ccc(P)cc1. The molecule has 2 aromatic carbocycles. The maximum atomic E-state index is 6.47. The van der Waals surface area contributed by atoms with E-state index in [4.69, 9.17) is 10.7 Å². The standard InChI is InChI=1S/C22H31N2P/c1-4-6-19(7-5-2)22(23)24-21(17-10-8-16(3)9-11-17)18-12-14-20(25)15-13-18/h8-15,19,21H,4-7,25H2,1-3H3,(H2,23,24). The molecule has 0 spiro atoms. The van der Waals surface area contributed by atoms with E-state index < -0.39 is 0 Å². The summed E-state index contributed by atoms with van der Waals surface area (Å²) < 4.78 is 0. The number of benzene rings is 2. The van der Waals surface area contributed by atoms with E-state index >= 15 is 0 Å². The molecule has 0 aliphatic rings.